The van der Waals surface area contributed by atoms with Gasteiger partial charge in [-0.15, -0.1) is 0 Å². The van der Waals surface area contributed by atoms with E-state index in [-0.39, 0.29) is 5.91 Å². The molecule has 1 saturated heterocycles. The number of amides is 1. The van der Waals surface area contributed by atoms with Crippen molar-refractivity contribution in [2.24, 2.45) is 11.1 Å². The van der Waals surface area contributed by atoms with Crippen LogP contribution in [0.4, 0.5) is 0 Å². The molecule has 2 aliphatic rings. The number of rotatable bonds is 4. The Morgan fingerprint density at radius 3 is 2.65 bits per heavy atom. The largest absolute Gasteiger partial charge is 0.392 e. The predicted molar refractivity (Wildman–Crippen MR) is 76.2 cm³/mol. The molecular formula is C12H20N2OS2. The number of nitrogens with one attached hydrogen (secondary N) is 1. The van der Waals surface area contributed by atoms with Crippen molar-refractivity contribution in [1.82, 2.24) is 5.32 Å². The minimum absolute atomic E-state index is 0.0648. The highest BCUT2D eigenvalue weighted by Crippen LogP contribution is 2.38. The van der Waals surface area contributed by atoms with Crippen LogP contribution in [-0.4, -0.2) is 28.4 Å². The van der Waals surface area contributed by atoms with E-state index in [0.29, 0.717) is 10.2 Å². The fourth-order valence-electron chi connectivity index (χ4n) is 2.74. The first-order valence-corrected chi connectivity index (χ1v) is 7.81. The zero-order valence-corrected chi connectivity index (χ0v) is 11.7. The predicted octanol–water partition coefficient (Wildman–Crippen LogP) is 1.84. The fourth-order valence-corrected chi connectivity index (χ4v) is 4.24. The molecule has 1 heterocycles. The molecule has 96 valence electrons. The second-order valence-corrected chi connectivity index (χ2v) is 6.85. The summed E-state index contributed by atoms with van der Waals surface area (Å²) >= 11 is 7.06. The summed E-state index contributed by atoms with van der Waals surface area (Å²) < 4.78 is 0. The lowest BCUT2D eigenvalue weighted by molar-refractivity contribution is -0.127. The van der Waals surface area contributed by atoms with Gasteiger partial charge in [-0.25, -0.2) is 0 Å². The van der Waals surface area contributed by atoms with Crippen LogP contribution in [0.15, 0.2) is 0 Å². The van der Waals surface area contributed by atoms with Gasteiger partial charge in [0.05, 0.1) is 10.4 Å². The van der Waals surface area contributed by atoms with Crippen molar-refractivity contribution in [3.63, 3.8) is 0 Å². The number of carbonyl (C=O) groups is 1. The van der Waals surface area contributed by atoms with E-state index in [4.69, 9.17) is 18.0 Å². The SMILES string of the molecule is NC(=S)C1(C(=O)NCC2CCCS2)CCCC1. The van der Waals surface area contributed by atoms with Crippen LogP contribution in [0.5, 0.6) is 0 Å². The van der Waals surface area contributed by atoms with Gasteiger partial charge >= 0.3 is 0 Å². The summed E-state index contributed by atoms with van der Waals surface area (Å²) in [6, 6.07) is 0. The molecule has 1 unspecified atom stereocenters. The molecule has 3 N–H and O–H groups in total. The van der Waals surface area contributed by atoms with E-state index in [1.807, 2.05) is 11.8 Å². The van der Waals surface area contributed by atoms with Gasteiger partial charge in [-0.05, 0) is 31.4 Å². The molecule has 0 aromatic rings. The summed E-state index contributed by atoms with van der Waals surface area (Å²) in [5, 5.41) is 3.65. The molecule has 0 bridgehead atoms. The molecule has 2 fully saturated rings. The van der Waals surface area contributed by atoms with Crippen LogP contribution < -0.4 is 11.1 Å². The van der Waals surface area contributed by atoms with E-state index in [1.54, 1.807) is 0 Å². The van der Waals surface area contributed by atoms with Crippen LogP contribution in [0.1, 0.15) is 38.5 Å². The Bertz CT molecular complexity index is 308. The van der Waals surface area contributed by atoms with E-state index in [9.17, 15) is 4.79 Å². The average molecular weight is 272 g/mol. The lowest BCUT2D eigenvalue weighted by Crippen LogP contribution is -2.48. The fraction of sp³-hybridized carbons (Fsp3) is 0.833. The molecule has 0 radical (unpaired) electrons. The van der Waals surface area contributed by atoms with Gasteiger partial charge in [-0.3, -0.25) is 4.79 Å². The molecule has 1 aliphatic carbocycles. The third kappa shape index (κ3) is 2.76. The highest BCUT2D eigenvalue weighted by atomic mass is 32.2. The Kier molecular flexibility index (Phi) is 4.31. The molecule has 0 aromatic heterocycles. The minimum Gasteiger partial charge on any atom is -0.392 e. The highest BCUT2D eigenvalue weighted by molar-refractivity contribution is 8.00. The normalized spacial score (nSPS) is 26.9. The molecule has 1 atom stereocenters. The van der Waals surface area contributed by atoms with Gasteiger partial charge in [0, 0.05) is 11.8 Å². The van der Waals surface area contributed by atoms with E-state index in [1.165, 1.54) is 18.6 Å². The molecule has 1 saturated carbocycles. The maximum Gasteiger partial charge on any atom is 0.233 e. The summed E-state index contributed by atoms with van der Waals surface area (Å²) in [6.45, 7) is 0.772. The van der Waals surface area contributed by atoms with E-state index < -0.39 is 5.41 Å². The monoisotopic (exact) mass is 272 g/mol. The van der Waals surface area contributed by atoms with Crippen molar-refractivity contribution in [2.75, 3.05) is 12.3 Å². The molecule has 1 amide bonds. The minimum atomic E-state index is -0.543. The Labute approximate surface area is 112 Å². The molecule has 5 heteroatoms. The zero-order valence-electron chi connectivity index (χ0n) is 10.0. The number of thioether (sulfide) groups is 1. The van der Waals surface area contributed by atoms with Crippen LogP contribution >= 0.6 is 24.0 Å². The summed E-state index contributed by atoms with van der Waals surface area (Å²) in [5.41, 5.74) is 5.24. The van der Waals surface area contributed by atoms with Gasteiger partial charge in [-0.1, -0.05) is 25.1 Å². The number of hydrogen-bond donors (Lipinski definition) is 2. The van der Waals surface area contributed by atoms with Gasteiger partial charge in [0.15, 0.2) is 0 Å². The lowest BCUT2D eigenvalue weighted by atomic mass is 9.85. The van der Waals surface area contributed by atoms with Crippen molar-refractivity contribution in [3.05, 3.63) is 0 Å². The summed E-state index contributed by atoms with van der Waals surface area (Å²) in [7, 11) is 0. The zero-order chi connectivity index (χ0) is 12.3. The Balaban J connectivity index is 1.90. The van der Waals surface area contributed by atoms with Crippen molar-refractivity contribution in [1.29, 1.82) is 0 Å². The molecule has 3 nitrogen and oxygen atoms in total. The number of thiocarbonyl (C=S) groups is 1. The molecule has 0 aromatic carbocycles. The van der Waals surface area contributed by atoms with Gasteiger partial charge in [-0.2, -0.15) is 11.8 Å². The second-order valence-electron chi connectivity index (χ2n) is 5.00. The molecular weight excluding hydrogens is 252 g/mol. The topological polar surface area (TPSA) is 55.1 Å². The van der Waals surface area contributed by atoms with Crippen LogP contribution in [0.3, 0.4) is 0 Å². The average Bonchev–Trinajstić information content (AvgIpc) is 2.97. The van der Waals surface area contributed by atoms with Gasteiger partial charge < -0.3 is 11.1 Å². The van der Waals surface area contributed by atoms with Gasteiger partial charge in [0.25, 0.3) is 0 Å². The first-order valence-electron chi connectivity index (χ1n) is 6.35. The maximum atomic E-state index is 12.3. The van der Waals surface area contributed by atoms with Crippen molar-refractivity contribution >= 4 is 34.9 Å². The van der Waals surface area contributed by atoms with Crippen molar-refractivity contribution < 1.29 is 4.79 Å². The van der Waals surface area contributed by atoms with E-state index in [2.05, 4.69) is 5.32 Å². The smallest absolute Gasteiger partial charge is 0.233 e. The van der Waals surface area contributed by atoms with Crippen LogP contribution in [0.25, 0.3) is 0 Å². The van der Waals surface area contributed by atoms with Crippen LogP contribution in [-0.2, 0) is 4.79 Å². The number of carbonyl (C=O) groups excluding carboxylic acids is 1. The Morgan fingerprint density at radius 2 is 2.12 bits per heavy atom. The second kappa shape index (κ2) is 5.57. The Hall–Kier alpha value is -0.290. The molecule has 2 rings (SSSR count). The Morgan fingerprint density at radius 1 is 1.41 bits per heavy atom. The molecule has 0 spiro atoms. The van der Waals surface area contributed by atoms with E-state index in [0.717, 1.165) is 32.2 Å². The third-order valence-corrected chi connectivity index (χ3v) is 5.67. The van der Waals surface area contributed by atoms with E-state index >= 15 is 0 Å². The summed E-state index contributed by atoms with van der Waals surface area (Å²) in [6.07, 6.45) is 6.25. The quantitative estimate of drug-likeness (QED) is 0.767. The molecule has 1 aliphatic heterocycles. The number of nitrogens with two attached hydrogens (primary N) is 1. The lowest BCUT2D eigenvalue weighted by Gasteiger charge is -2.26. The first-order chi connectivity index (χ1) is 8.15. The maximum absolute atomic E-state index is 12.3. The highest BCUT2D eigenvalue weighted by Gasteiger charge is 2.43. The standard InChI is InChI=1S/C12H20N2OS2/c13-10(16)12(5-1-2-6-12)11(15)14-8-9-4-3-7-17-9/h9H,1-8H2,(H2,13,16)(H,14,15). The third-order valence-electron chi connectivity index (χ3n) is 3.88. The van der Waals surface area contributed by atoms with Crippen LogP contribution in [0.2, 0.25) is 0 Å². The van der Waals surface area contributed by atoms with Gasteiger partial charge in [0.1, 0.15) is 0 Å². The van der Waals surface area contributed by atoms with Crippen LogP contribution in [0, 0.1) is 5.41 Å². The van der Waals surface area contributed by atoms with Gasteiger partial charge in [0.2, 0.25) is 5.91 Å². The summed E-state index contributed by atoms with van der Waals surface area (Å²) in [5.74, 6) is 1.29. The first kappa shape index (κ1) is 13.1. The van der Waals surface area contributed by atoms with Crippen molar-refractivity contribution in [3.8, 4) is 0 Å². The number of hydrogen-bond acceptors (Lipinski definition) is 3. The van der Waals surface area contributed by atoms with Crippen molar-refractivity contribution in [2.45, 2.75) is 43.8 Å². The molecule has 17 heavy (non-hydrogen) atoms. The summed E-state index contributed by atoms with van der Waals surface area (Å²) in [4.78, 5) is 12.7.